The molecule has 2 atom stereocenters. The summed E-state index contributed by atoms with van der Waals surface area (Å²) in [5, 5.41) is 3.43. The van der Waals surface area contributed by atoms with Crippen molar-refractivity contribution in [3.63, 3.8) is 0 Å². The van der Waals surface area contributed by atoms with Crippen LogP contribution in [0.4, 0.5) is 0 Å². The van der Waals surface area contributed by atoms with E-state index < -0.39 is 0 Å². The molecule has 0 aromatic carbocycles. The Hall–Kier alpha value is -0.410. The maximum atomic E-state index is 13.2. The summed E-state index contributed by atoms with van der Waals surface area (Å²) in [5.74, 6) is 0.812. The lowest BCUT2D eigenvalue weighted by atomic mass is 9.69. The zero-order valence-electron chi connectivity index (χ0n) is 12.9. The molecule has 3 fully saturated rings. The number of nitrogens with one attached hydrogen (secondary N) is 1. The van der Waals surface area contributed by atoms with E-state index in [4.69, 9.17) is 4.74 Å². The van der Waals surface area contributed by atoms with Crippen molar-refractivity contribution in [3.8, 4) is 0 Å². The predicted octanol–water partition coefficient (Wildman–Crippen LogP) is 3.07. The van der Waals surface area contributed by atoms with Crippen LogP contribution in [0.1, 0.15) is 64.7 Å². The van der Waals surface area contributed by atoms with Crippen LogP contribution in [0.3, 0.4) is 0 Å². The third-order valence-electron chi connectivity index (χ3n) is 5.87. The van der Waals surface area contributed by atoms with Crippen LogP contribution in [-0.2, 0) is 9.53 Å². The Morgan fingerprint density at radius 3 is 2.75 bits per heavy atom. The fourth-order valence-corrected chi connectivity index (χ4v) is 4.82. The lowest BCUT2D eigenvalue weighted by Crippen LogP contribution is -2.45. The van der Waals surface area contributed by atoms with Crippen LogP contribution in [0, 0.1) is 11.3 Å². The van der Waals surface area contributed by atoms with Crippen molar-refractivity contribution in [2.45, 2.75) is 70.3 Å². The van der Waals surface area contributed by atoms with E-state index in [0.717, 1.165) is 51.8 Å². The van der Waals surface area contributed by atoms with E-state index in [9.17, 15) is 4.79 Å². The first kappa shape index (κ1) is 14.5. The molecule has 0 aromatic heterocycles. The van der Waals surface area contributed by atoms with Gasteiger partial charge in [0.05, 0.1) is 5.60 Å². The number of hydrogen-bond acceptors (Lipinski definition) is 3. The molecule has 1 N–H and O–H groups in total. The second kappa shape index (κ2) is 5.76. The summed E-state index contributed by atoms with van der Waals surface area (Å²) >= 11 is 0. The minimum Gasteiger partial charge on any atom is -0.375 e. The topological polar surface area (TPSA) is 38.3 Å². The van der Waals surface area contributed by atoms with E-state index in [1.165, 1.54) is 25.7 Å². The maximum Gasteiger partial charge on any atom is 0.143 e. The zero-order chi connectivity index (χ0) is 14.1. The molecule has 2 heterocycles. The van der Waals surface area contributed by atoms with Gasteiger partial charge in [-0.2, -0.15) is 0 Å². The predicted molar refractivity (Wildman–Crippen MR) is 79.7 cm³/mol. The number of carbonyl (C=O) groups excluding carboxylic acids is 1. The molecule has 1 saturated carbocycles. The molecule has 114 valence electrons. The van der Waals surface area contributed by atoms with Crippen molar-refractivity contribution in [1.29, 1.82) is 0 Å². The van der Waals surface area contributed by atoms with E-state index >= 15 is 0 Å². The minimum atomic E-state index is -0.0590. The van der Waals surface area contributed by atoms with E-state index in [1.54, 1.807) is 0 Å². The fraction of sp³-hybridized carbons (Fsp3) is 0.941. The standard InChI is InChI=1S/C17H29NO2/c1-2-6-16(9-10-18-13-16)15(19)14-5-11-20-17(12-14)7-3-4-8-17/h14,18H,2-13H2,1H3. The van der Waals surface area contributed by atoms with Gasteiger partial charge < -0.3 is 10.1 Å². The largest absolute Gasteiger partial charge is 0.375 e. The van der Waals surface area contributed by atoms with Crippen LogP contribution in [0.15, 0.2) is 0 Å². The van der Waals surface area contributed by atoms with Gasteiger partial charge in [-0.05, 0) is 45.1 Å². The minimum absolute atomic E-state index is 0.0590. The van der Waals surface area contributed by atoms with Crippen LogP contribution in [0.25, 0.3) is 0 Å². The van der Waals surface area contributed by atoms with Gasteiger partial charge in [-0.25, -0.2) is 0 Å². The van der Waals surface area contributed by atoms with Crippen LogP contribution in [-0.4, -0.2) is 31.1 Å². The Labute approximate surface area is 122 Å². The smallest absolute Gasteiger partial charge is 0.143 e. The van der Waals surface area contributed by atoms with Gasteiger partial charge in [-0.1, -0.05) is 26.2 Å². The molecular weight excluding hydrogens is 250 g/mol. The van der Waals surface area contributed by atoms with Crippen LogP contribution >= 0.6 is 0 Å². The third-order valence-corrected chi connectivity index (χ3v) is 5.87. The number of Topliss-reactive ketones (excluding diaryl/α,β-unsaturated/α-hetero) is 1. The van der Waals surface area contributed by atoms with Crippen LogP contribution in [0.2, 0.25) is 0 Å². The second-order valence-corrected chi connectivity index (χ2v) is 7.25. The molecule has 1 aliphatic carbocycles. The summed E-state index contributed by atoms with van der Waals surface area (Å²) in [5.41, 5.74) is 0.00850. The molecule has 2 saturated heterocycles. The molecule has 3 aliphatic rings. The monoisotopic (exact) mass is 279 g/mol. The number of ketones is 1. The molecule has 0 amide bonds. The van der Waals surface area contributed by atoms with Crippen molar-refractivity contribution in [2.24, 2.45) is 11.3 Å². The first-order valence-electron chi connectivity index (χ1n) is 8.59. The SMILES string of the molecule is CCCC1(C(=O)C2CCOC3(CCCC3)C2)CCNC1. The van der Waals surface area contributed by atoms with Gasteiger partial charge >= 0.3 is 0 Å². The molecule has 3 nitrogen and oxygen atoms in total. The molecular formula is C17H29NO2. The van der Waals surface area contributed by atoms with Gasteiger partial charge in [-0.3, -0.25) is 4.79 Å². The van der Waals surface area contributed by atoms with Gasteiger partial charge in [0.1, 0.15) is 5.78 Å². The Morgan fingerprint density at radius 2 is 2.10 bits per heavy atom. The first-order chi connectivity index (χ1) is 9.70. The maximum absolute atomic E-state index is 13.2. The Bertz CT molecular complexity index is 354. The summed E-state index contributed by atoms with van der Waals surface area (Å²) in [7, 11) is 0. The fourth-order valence-electron chi connectivity index (χ4n) is 4.82. The van der Waals surface area contributed by atoms with Gasteiger partial charge in [0.2, 0.25) is 0 Å². The molecule has 2 unspecified atom stereocenters. The summed E-state index contributed by atoms with van der Waals surface area (Å²) in [6.45, 7) is 4.92. The highest BCUT2D eigenvalue weighted by Gasteiger charge is 2.48. The van der Waals surface area contributed by atoms with Gasteiger partial charge in [0, 0.05) is 24.5 Å². The van der Waals surface area contributed by atoms with E-state index in [1.807, 2.05) is 0 Å². The van der Waals surface area contributed by atoms with E-state index in [-0.39, 0.29) is 16.9 Å². The molecule has 0 radical (unpaired) electrons. The molecule has 20 heavy (non-hydrogen) atoms. The van der Waals surface area contributed by atoms with E-state index in [0.29, 0.717) is 5.78 Å². The quantitative estimate of drug-likeness (QED) is 0.859. The number of rotatable bonds is 4. The van der Waals surface area contributed by atoms with Gasteiger partial charge in [-0.15, -0.1) is 0 Å². The molecule has 0 bridgehead atoms. The molecule has 3 heteroatoms. The van der Waals surface area contributed by atoms with Crippen LogP contribution in [0.5, 0.6) is 0 Å². The Balaban J connectivity index is 1.72. The summed E-state index contributed by atoms with van der Waals surface area (Å²) in [6.07, 6.45) is 10.1. The van der Waals surface area contributed by atoms with Crippen molar-refractivity contribution < 1.29 is 9.53 Å². The lowest BCUT2D eigenvalue weighted by molar-refractivity contribution is -0.145. The Morgan fingerprint density at radius 1 is 1.30 bits per heavy atom. The number of ether oxygens (including phenoxy) is 1. The first-order valence-corrected chi connectivity index (χ1v) is 8.59. The van der Waals surface area contributed by atoms with Gasteiger partial charge in [0.15, 0.2) is 0 Å². The van der Waals surface area contributed by atoms with Crippen molar-refractivity contribution in [2.75, 3.05) is 19.7 Å². The average Bonchev–Trinajstić information content (AvgIpc) is 3.10. The summed E-state index contributed by atoms with van der Waals surface area (Å²) in [4.78, 5) is 13.2. The molecule has 2 aliphatic heterocycles. The normalized spacial score (nSPS) is 36.5. The van der Waals surface area contributed by atoms with Gasteiger partial charge in [0.25, 0.3) is 0 Å². The third kappa shape index (κ3) is 2.55. The lowest BCUT2D eigenvalue weighted by Gasteiger charge is -2.40. The average molecular weight is 279 g/mol. The molecule has 1 spiro atoms. The number of carbonyl (C=O) groups is 1. The van der Waals surface area contributed by atoms with E-state index in [2.05, 4.69) is 12.2 Å². The highest BCUT2D eigenvalue weighted by Crippen LogP contribution is 2.45. The van der Waals surface area contributed by atoms with Crippen molar-refractivity contribution in [3.05, 3.63) is 0 Å². The molecule has 3 rings (SSSR count). The zero-order valence-corrected chi connectivity index (χ0v) is 12.9. The highest BCUT2D eigenvalue weighted by molar-refractivity contribution is 5.87. The summed E-state index contributed by atoms with van der Waals surface area (Å²) in [6, 6.07) is 0. The Kier molecular flexibility index (Phi) is 4.19. The number of hydrogen-bond donors (Lipinski definition) is 1. The van der Waals surface area contributed by atoms with Crippen molar-refractivity contribution >= 4 is 5.78 Å². The van der Waals surface area contributed by atoms with Crippen LogP contribution < -0.4 is 5.32 Å². The highest BCUT2D eigenvalue weighted by atomic mass is 16.5. The van der Waals surface area contributed by atoms with Crippen molar-refractivity contribution in [1.82, 2.24) is 5.32 Å². The summed E-state index contributed by atoms with van der Waals surface area (Å²) < 4.78 is 6.09. The molecule has 0 aromatic rings. The second-order valence-electron chi connectivity index (χ2n) is 7.25.